The van der Waals surface area contributed by atoms with E-state index in [1.54, 1.807) is 0 Å². The SMILES string of the molecule is CC1CCC2(CC1)CSC(Nc1ccc(C(C)C)cc1)=N2. The standard InChI is InChI=1S/C18H26N2S/c1-13(2)15-4-6-16(7-5-15)19-17-20-18(12-21-17)10-8-14(3)9-11-18/h4-7,13-14H,8-12H2,1-3H3,(H,19,20). The molecule has 1 aromatic rings. The minimum Gasteiger partial charge on any atom is -0.335 e. The number of thioether (sulfide) groups is 1. The summed E-state index contributed by atoms with van der Waals surface area (Å²) in [5, 5.41) is 4.62. The van der Waals surface area contributed by atoms with Crippen LogP contribution in [0, 0.1) is 5.92 Å². The molecule has 1 N–H and O–H groups in total. The van der Waals surface area contributed by atoms with Gasteiger partial charge in [-0.25, -0.2) is 0 Å². The lowest BCUT2D eigenvalue weighted by Crippen LogP contribution is -2.32. The second-order valence-electron chi connectivity index (χ2n) is 7.01. The van der Waals surface area contributed by atoms with Gasteiger partial charge in [0.2, 0.25) is 0 Å². The number of anilines is 1. The van der Waals surface area contributed by atoms with Gasteiger partial charge in [-0.2, -0.15) is 0 Å². The average Bonchev–Trinajstić information content (AvgIpc) is 2.86. The van der Waals surface area contributed by atoms with Crippen molar-refractivity contribution in [3.8, 4) is 0 Å². The molecule has 0 atom stereocenters. The first-order valence-electron chi connectivity index (χ1n) is 8.16. The molecule has 2 nitrogen and oxygen atoms in total. The molecule has 3 heteroatoms. The number of amidine groups is 1. The van der Waals surface area contributed by atoms with Gasteiger partial charge in [-0.15, -0.1) is 0 Å². The number of hydrogen-bond donors (Lipinski definition) is 1. The highest BCUT2D eigenvalue weighted by molar-refractivity contribution is 8.14. The van der Waals surface area contributed by atoms with Gasteiger partial charge in [-0.05, 0) is 55.2 Å². The Balaban J connectivity index is 1.65. The summed E-state index contributed by atoms with van der Waals surface area (Å²) in [5.74, 6) is 2.63. The molecule has 0 unspecified atom stereocenters. The molecule has 3 rings (SSSR count). The van der Waals surface area contributed by atoms with Crippen LogP contribution in [0.5, 0.6) is 0 Å². The van der Waals surface area contributed by atoms with Gasteiger partial charge in [0.15, 0.2) is 5.17 Å². The summed E-state index contributed by atoms with van der Waals surface area (Å²) in [6, 6.07) is 8.77. The van der Waals surface area contributed by atoms with Crippen molar-refractivity contribution in [3.05, 3.63) is 29.8 Å². The minimum atomic E-state index is 0.234. The van der Waals surface area contributed by atoms with Crippen molar-refractivity contribution in [2.75, 3.05) is 11.1 Å². The van der Waals surface area contributed by atoms with Crippen LogP contribution in [0.15, 0.2) is 29.3 Å². The monoisotopic (exact) mass is 302 g/mol. The van der Waals surface area contributed by atoms with Gasteiger partial charge in [0.05, 0.1) is 5.54 Å². The normalized spacial score (nSPS) is 29.0. The molecule has 1 aliphatic heterocycles. The topological polar surface area (TPSA) is 24.4 Å². The molecule has 114 valence electrons. The van der Waals surface area contributed by atoms with E-state index in [1.807, 2.05) is 11.8 Å². The minimum absolute atomic E-state index is 0.234. The van der Waals surface area contributed by atoms with Gasteiger partial charge in [0, 0.05) is 11.4 Å². The Bertz CT molecular complexity index is 511. The van der Waals surface area contributed by atoms with E-state index in [0.717, 1.165) is 22.5 Å². The summed E-state index contributed by atoms with van der Waals surface area (Å²) in [4.78, 5) is 5.03. The number of nitrogens with zero attached hydrogens (tertiary/aromatic N) is 1. The maximum absolute atomic E-state index is 5.03. The predicted molar refractivity (Wildman–Crippen MR) is 94.4 cm³/mol. The molecule has 0 bridgehead atoms. The molecule has 1 spiro atoms. The lowest BCUT2D eigenvalue weighted by atomic mass is 9.79. The molecule has 0 radical (unpaired) electrons. The molecule has 1 aromatic carbocycles. The molecular formula is C18H26N2S. The third-order valence-electron chi connectivity index (χ3n) is 4.85. The zero-order valence-corrected chi connectivity index (χ0v) is 14.2. The Labute approximate surface area is 132 Å². The molecule has 0 aromatic heterocycles. The van der Waals surface area contributed by atoms with Crippen LogP contribution in [0.1, 0.15) is 57.9 Å². The van der Waals surface area contributed by atoms with Crippen LogP contribution in [0.2, 0.25) is 0 Å². The molecule has 0 amide bonds. The average molecular weight is 302 g/mol. The molecule has 1 saturated carbocycles. The van der Waals surface area contributed by atoms with Gasteiger partial charge >= 0.3 is 0 Å². The Kier molecular flexibility index (Phi) is 4.30. The van der Waals surface area contributed by atoms with E-state index >= 15 is 0 Å². The lowest BCUT2D eigenvalue weighted by Gasteiger charge is -2.32. The van der Waals surface area contributed by atoms with E-state index in [2.05, 4.69) is 50.4 Å². The van der Waals surface area contributed by atoms with Crippen LogP contribution in [0.4, 0.5) is 5.69 Å². The van der Waals surface area contributed by atoms with Crippen molar-refractivity contribution in [2.45, 2.75) is 57.9 Å². The molecule has 1 fully saturated rings. The van der Waals surface area contributed by atoms with Crippen molar-refractivity contribution < 1.29 is 0 Å². The number of aliphatic imine (C=N–C) groups is 1. The van der Waals surface area contributed by atoms with Crippen LogP contribution >= 0.6 is 11.8 Å². The van der Waals surface area contributed by atoms with E-state index in [-0.39, 0.29) is 5.54 Å². The summed E-state index contributed by atoms with van der Waals surface area (Å²) in [6.45, 7) is 6.83. The number of benzene rings is 1. The summed E-state index contributed by atoms with van der Waals surface area (Å²) in [7, 11) is 0. The van der Waals surface area contributed by atoms with E-state index in [0.29, 0.717) is 5.92 Å². The fourth-order valence-electron chi connectivity index (χ4n) is 3.18. The smallest absolute Gasteiger partial charge is 0.161 e. The van der Waals surface area contributed by atoms with Crippen molar-refractivity contribution in [1.82, 2.24) is 0 Å². The van der Waals surface area contributed by atoms with Crippen molar-refractivity contribution >= 4 is 22.6 Å². The Morgan fingerprint density at radius 2 is 1.86 bits per heavy atom. The first-order valence-corrected chi connectivity index (χ1v) is 9.14. The first-order chi connectivity index (χ1) is 10.1. The van der Waals surface area contributed by atoms with E-state index in [4.69, 9.17) is 4.99 Å². The van der Waals surface area contributed by atoms with Crippen molar-refractivity contribution in [2.24, 2.45) is 10.9 Å². The summed E-state index contributed by atoms with van der Waals surface area (Å²) in [5.41, 5.74) is 2.78. The molecule has 2 aliphatic rings. The quantitative estimate of drug-likeness (QED) is 0.804. The molecule has 0 saturated heterocycles. The Morgan fingerprint density at radius 1 is 1.19 bits per heavy atom. The fraction of sp³-hybridized carbons (Fsp3) is 0.611. The largest absolute Gasteiger partial charge is 0.335 e. The molecule has 21 heavy (non-hydrogen) atoms. The molecular weight excluding hydrogens is 276 g/mol. The second-order valence-corrected chi connectivity index (χ2v) is 7.98. The number of hydrogen-bond acceptors (Lipinski definition) is 3. The van der Waals surface area contributed by atoms with E-state index in [9.17, 15) is 0 Å². The van der Waals surface area contributed by atoms with Gasteiger partial charge < -0.3 is 5.32 Å². The highest BCUT2D eigenvalue weighted by Gasteiger charge is 2.38. The summed E-state index contributed by atoms with van der Waals surface area (Å²) >= 11 is 1.89. The molecule has 1 aliphatic carbocycles. The Hall–Kier alpha value is -0.960. The van der Waals surface area contributed by atoms with Crippen LogP contribution in [-0.4, -0.2) is 16.5 Å². The fourth-order valence-corrected chi connectivity index (χ4v) is 4.38. The zero-order chi connectivity index (χ0) is 14.9. The molecule has 1 heterocycles. The third kappa shape index (κ3) is 3.45. The van der Waals surface area contributed by atoms with Gasteiger partial charge in [0.25, 0.3) is 0 Å². The highest BCUT2D eigenvalue weighted by Crippen LogP contribution is 2.41. The van der Waals surface area contributed by atoms with Gasteiger partial charge in [-0.3, -0.25) is 4.99 Å². The van der Waals surface area contributed by atoms with E-state index < -0.39 is 0 Å². The van der Waals surface area contributed by atoms with Gasteiger partial charge in [-0.1, -0.05) is 44.7 Å². The lowest BCUT2D eigenvalue weighted by molar-refractivity contribution is 0.273. The van der Waals surface area contributed by atoms with Crippen LogP contribution in [-0.2, 0) is 0 Å². The summed E-state index contributed by atoms with van der Waals surface area (Å²) < 4.78 is 0. The predicted octanol–water partition coefficient (Wildman–Crippen LogP) is 5.27. The van der Waals surface area contributed by atoms with Crippen LogP contribution in [0.25, 0.3) is 0 Å². The van der Waals surface area contributed by atoms with Gasteiger partial charge in [0.1, 0.15) is 0 Å². The first kappa shape index (κ1) is 15.0. The summed E-state index contributed by atoms with van der Waals surface area (Å²) in [6.07, 6.45) is 5.19. The van der Waals surface area contributed by atoms with Crippen LogP contribution < -0.4 is 5.32 Å². The van der Waals surface area contributed by atoms with Crippen molar-refractivity contribution in [3.63, 3.8) is 0 Å². The maximum atomic E-state index is 5.03. The second kappa shape index (κ2) is 6.04. The van der Waals surface area contributed by atoms with Crippen LogP contribution in [0.3, 0.4) is 0 Å². The van der Waals surface area contributed by atoms with Crippen molar-refractivity contribution in [1.29, 1.82) is 0 Å². The maximum Gasteiger partial charge on any atom is 0.161 e. The zero-order valence-electron chi connectivity index (χ0n) is 13.4. The number of nitrogens with one attached hydrogen (secondary N) is 1. The number of rotatable bonds is 2. The highest BCUT2D eigenvalue weighted by atomic mass is 32.2. The third-order valence-corrected chi connectivity index (χ3v) is 6.00. The Morgan fingerprint density at radius 3 is 2.48 bits per heavy atom. The van der Waals surface area contributed by atoms with E-state index in [1.165, 1.54) is 31.2 Å².